The standard InChI is InChI=1S/C18H17N3O5/c1-25-13-6-5-10(8-14(13)26-2)12(9-15(19)22)21-17(23)11-4-3-7-20-16(11)18(21)24/h3-8,12H,9H2,1-2H3,(H2,19,22). The second-order valence-corrected chi connectivity index (χ2v) is 5.68. The van der Waals surface area contributed by atoms with Crippen molar-refractivity contribution in [3.05, 3.63) is 53.3 Å². The Labute approximate surface area is 149 Å². The fourth-order valence-electron chi connectivity index (χ4n) is 2.98. The van der Waals surface area contributed by atoms with Crippen molar-refractivity contribution in [2.75, 3.05) is 14.2 Å². The van der Waals surface area contributed by atoms with Gasteiger partial charge >= 0.3 is 0 Å². The lowest BCUT2D eigenvalue weighted by Gasteiger charge is -2.26. The average molecular weight is 355 g/mol. The normalized spacial score (nSPS) is 14.2. The van der Waals surface area contributed by atoms with Crippen LogP contribution in [-0.4, -0.2) is 41.8 Å². The Kier molecular flexibility index (Phi) is 4.57. The van der Waals surface area contributed by atoms with E-state index in [4.69, 9.17) is 15.2 Å². The lowest BCUT2D eigenvalue weighted by Crippen LogP contribution is -2.36. The summed E-state index contributed by atoms with van der Waals surface area (Å²) in [6.07, 6.45) is 1.22. The maximum atomic E-state index is 12.7. The van der Waals surface area contributed by atoms with Gasteiger partial charge in [0.05, 0.1) is 32.2 Å². The SMILES string of the molecule is COc1ccc(C(CC(N)=O)N2C(=O)c3cccnc3C2=O)cc1OC. The number of ether oxygens (including phenoxy) is 2. The van der Waals surface area contributed by atoms with Gasteiger partial charge in [0.25, 0.3) is 11.8 Å². The largest absolute Gasteiger partial charge is 0.493 e. The summed E-state index contributed by atoms with van der Waals surface area (Å²) in [5, 5.41) is 0. The highest BCUT2D eigenvalue weighted by Crippen LogP contribution is 2.36. The number of methoxy groups -OCH3 is 2. The summed E-state index contributed by atoms with van der Waals surface area (Å²) in [6, 6.07) is 7.14. The first kappa shape index (κ1) is 17.4. The molecular weight excluding hydrogens is 338 g/mol. The Hall–Kier alpha value is -3.42. The van der Waals surface area contributed by atoms with Gasteiger partial charge in [0.15, 0.2) is 11.5 Å². The molecule has 2 heterocycles. The smallest absolute Gasteiger partial charge is 0.280 e. The summed E-state index contributed by atoms with van der Waals surface area (Å²) in [7, 11) is 2.96. The molecule has 0 fully saturated rings. The predicted octanol–water partition coefficient (Wildman–Crippen LogP) is 1.31. The second-order valence-electron chi connectivity index (χ2n) is 5.68. The van der Waals surface area contributed by atoms with Crippen molar-refractivity contribution in [1.82, 2.24) is 9.88 Å². The van der Waals surface area contributed by atoms with Gasteiger partial charge in [-0.1, -0.05) is 6.07 Å². The Morgan fingerprint density at radius 1 is 1.15 bits per heavy atom. The molecule has 1 atom stereocenters. The van der Waals surface area contributed by atoms with E-state index in [1.54, 1.807) is 24.3 Å². The molecule has 26 heavy (non-hydrogen) atoms. The lowest BCUT2D eigenvalue weighted by molar-refractivity contribution is -0.118. The van der Waals surface area contributed by atoms with Gasteiger partial charge in [-0.15, -0.1) is 0 Å². The van der Waals surface area contributed by atoms with Crippen LogP contribution in [0, 0.1) is 0 Å². The highest BCUT2D eigenvalue weighted by atomic mass is 16.5. The van der Waals surface area contributed by atoms with Crippen molar-refractivity contribution in [1.29, 1.82) is 0 Å². The number of nitrogens with two attached hydrogens (primary N) is 1. The fourth-order valence-corrected chi connectivity index (χ4v) is 2.98. The topological polar surface area (TPSA) is 112 Å². The molecule has 1 aliphatic heterocycles. The number of fused-ring (bicyclic) bond motifs is 1. The van der Waals surface area contributed by atoms with Gasteiger partial charge in [-0.3, -0.25) is 24.3 Å². The Morgan fingerprint density at radius 3 is 2.50 bits per heavy atom. The molecule has 0 saturated carbocycles. The number of amides is 3. The second kappa shape index (κ2) is 6.83. The molecule has 0 bridgehead atoms. The summed E-state index contributed by atoms with van der Waals surface area (Å²) in [4.78, 5) is 42.1. The average Bonchev–Trinajstić information content (AvgIpc) is 2.90. The maximum absolute atomic E-state index is 12.7. The molecule has 0 aliphatic carbocycles. The van der Waals surface area contributed by atoms with Crippen LogP contribution in [0.5, 0.6) is 11.5 Å². The highest BCUT2D eigenvalue weighted by molar-refractivity contribution is 6.20. The van der Waals surface area contributed by atoms with E-state index in [-0.39, 0.29) is 17.7 Å². The quantitative estimate of drug-likeness (QED) is 0.782. The number of rotatable bonds is 6. The third-order valence-electron chi connectivity index (χ3n) is 4.18. The number of carbonyl (C=O) groups is 3. The number of pyridine rings is 1. The number of nitrogens with zero attached hydrogens (tertiary/aromatic N) is 2. The van der Waals surface area contributed by atoms with Gasteiger partial charge in [-0.05, 0) is 29.8 Å². The highest BCUT2D eigenvalue weighted by Gasteiger charge is 2.42. The van der Waals surface area contributed by atoms with E-state index in [1.807, 2.05) is 0 Å². The number of benzene rings is 1. The monoisotopic (exact) mass is 355 g/mol. The summed E-state index contributed by atoms with van der Waals surface area (Å²) in [5.74, 6) is -0.827. The molecule has 3 amide bonds. The minimum atomic E-state index is -0.874. The molecule has 0 radical (unpaired) electrons. The third-order valence-corrected chi connectivity index (χ3v) is 4.18. The molecular formula is C18H17N3O5. The van der Waals surface area contributed by atoms with Crippen molar-refractivity contribution < 1.29 is 23.9 Å². The van der Waals surface area contributed by atoms with Crippen molar-refractivity contribution in [3.8, 4) is 11.5 Å². The van der Waals surface area contributed by atoms with E-state index in [1.165, 1.54) is 26.5 Å². The Morgan fingerprint density at radius 2 is 1.88 bits per heavy atom. The molecule has 3 rings (SSSR count). The van der Waals surface area contributed by atoms with Crippen LogP contribution in [0.3, 0.4) is 0 Å². The van der Waals surface area contributed by atoms with E-state index in [9.17, 15) is 14.4 Å². The first-order valence-electron chi connectivity index (χ1n) is 7.81. The van der Waals surface area contributed by atoms with Crippen LogP contribution in [0.1, 0.15) is 38.9 Å². The molecule has 2 aromatic rings. The van der Waals surface area contributed by atoms with E-state index in [0.29, 0.717) is 17.1 Å². The molecule has 1 aliphatic rings. The van der Waals surface area contributed by atoms with E-state index >= 15 is 0 Å². The van der Waals surface area contributed by atoms with Crippen LogP contribution < -0.4 is 15.2 Å². The van der Waals surface area contributed by atoms with Crippen LogP contribution >= 0.6 is 0 Å². The Bertz CT molecular complexity index is 861. The molecule has 8 heteroatoms. The fraction of sp³-hybridized carbons (Fsp3) is 0.222. The number of aromatic nitrogens is 1. The molecule has 0 saturated heterocycles. The van der Waals surface area contributed by atoms with E-state index in [0.717, 1.165) is 4.90 Å². The van der Waals surface area contributed by atoms with Gasteiger partial charge < -0.3 is 15.2 Å². The van der Waals surface area contributed by atoms with Crippen molar-refractivity contribution >= 4 is 17.7 Å². The number of hydrogen-bond donors (Lipinski definition) is 1. The van der Waals surface area contributed by atoms with Crippen LogP contribution in [0.4, 0.5) is 0 Å². The first-order valence-corrected chi connectivity index (χ1v) is 7.81. The maximum Gasteiger partial charge on any atom is 0.280 e. The van der Waals surface area contributed by atoms with Crippen LogP contribution in [0.25, 0.3) is 0 Å². The van der Waals surface area contributed by atoms with Crippen molar-refractivity contribution in [3.63, 3.8) is 0 Å². The van der Waals surface area contributed by atoms with Gasteiger partial charge in [0, 0.05) is 6.20 Å². The van der Waals surface area contributed by atoms with Gasteiger partial charge in [0.1, 0.15) is 5.69 Å². The summed E-state index contributed by atoms with van der Waals surface area (Å²) in [6.45, 7) is 0. The van der Waals surface area contributed by atoms with Gasteiger partial charge in [0.2, 0.25) is 5.91 Å². The van der Waals surface area contributed by atoms with Crippen LogP contribution in [-0.2, 0) is 4.79 Å². The van der Waals surface area contributed by atoms with Gasteiger partial charge in [-0.2, -0.15) is 0 Å². The number of hydrogen-bond acceptors (Lipinski definition) is 6. The minimum absolute atomic E-state index is 0.0625. The molecule has 1 aromatic carbocycles. The van der Waals surface area contributed by atoms with E-state index in [2.05, 4.69) is 4.98 Å². The zero-order chi connectivity index (χ0) is 18.8. The molecule has 1 aromatic heterocycles. The minimum Gasteiger partial charge on any atom is -0.493 e. The first-order chi connectivity index (χ1) is 12.5. The van der Waals surface area contributed by atoms with Gasteiger partial charge in [-0.25, -0.2) is 0 Å². The number of imide groups is 1. The number of carbonyl (C=O) groups excluding carboxylic acids is 3. The predicted molar refractivity (Wildman–Crippen MR) is 90.8 cm³/mol. The number of primary amides is 1. The van der Waals surface area contributed by atoms with E-state index < -0.39 is 23.8 Å². The molecule has 0 spiro atoms. The molecule has 2 N–H and O–H groups in total. The molecule has 1 unspecified atom stereocenters. The zero-order valence-corrected chi connectivity index (χ0v) is 14.3. The Balaban J connectivity index is 2.07. The summed E-state index contributed by atoms with van der Waals surface area (Å²) in [5.41, 5.74) is 6.15. The van der Waals surface area contributed by atoms with Crippen LogP contribution in [0.15, 0.2) is 36.5 Å². The van der Waals surface area contributed by atoms with Crippen LogP contribution in [0.2, 0.25) is 0 Å². The summed E-state index contributed by atoms with van der Waals surface area (Å²) < 4.78 is 10.5. The van der Waals surface area contributed by atoms with Crippen molar-refractivity contribution in [2.24, 2.45) is 5.73 Å². The zero-order valence-electron chi connectivity index (χ0n) is 14.3. The van der Waals surface area contributed by atoms with Crippen molar-refractivity contribution in [2.45, 2.75) is 12.5 Å². The lowest BCUT2D eigenvalue weighted by atomic mass is 10.0. The third kappa shape index (κ3) is 2.85. The summed E-state index contributed by atoms with van der Waals surface area (Å²) >= 11 is 0. The molecule has 134 valence electrons. The molecule has 8 nitrogen and oxygen atoms in total.